The second-order valence-corrected chi connectivity index (χ2v) is 4.33. The molecule has 0 amide bonds. The molecule has 1 aromatic carbocycles. The first-order valence-corrected chi connectivity index (χ1v) is 5.59. The van der Waals surface area contributed by atoms with Gasteiger partial charge in [0.25, 0.3) is 5.56 Å². The zero-order valence-electron chi connectivity index (χ0n) is 8.71. The predicted octanol–water partition coefficient (Wildman–Crippen LogP) is 1.32. The Kier molecular flexibility index (Phi) is 3.24. The normalized spacial score (nSPS) is 10.1. The van der Waals surface area contributed by atoms with Gasteiger partial charge < -0.3 is 10.7 Å². The van der Waals surface area contributed by atoms with Gasteiger partial charge in [0.1, 0.15) is 12.1 Å². The summed E-state index contributed by atoms with van der Waals surface area (Å²) in [7, 11) is 0. The molecular formula is C11H9N3O2S. The minimum absolute atomic E-state index is 0.181. The third-order valence-corrected chi connectivity index (χ3v) is 2.87. The van der Waals surface area contributed by atoms with Crippen LogP contribution in [0.2, 0.25) is 0 Å². The maximum Gasteiger partial charge on any atom is 0.253 e. The van der Waals surface area contributed by atoms with E-state index < -0.39 is 0 Å². The van der Waals surface area contributed by atoms with Crippen LogP contribution >= 0.6 is 11.8 Å². The quantitative estimate of drug-likeness (QED) is 0.630. The van der Waals surface area contributed by atoms with Crippen LogP contribution < -0.4 is 11.3 Å². The summed E-state index contributed by atoms with van der Waals surface area (Å²) < 4.78 is 0. The Morgan fingerprint density at radius 1 is 1.29 bits per heavy atom. The van der Waals surface area contributed by atoms with Crippen molar-refractivity contribution in [2.45, 2.75) is 10.1 Å². The van der Waals surface area contributed by atoms with Gasteiger partial charge in [0.05, 0.1) is 0 Å². The number of hydrogen-bond donors (Lipinski definition) is 2. The van der Waals surface area contributed by atoms with E-state index in [-0.39, 0.29) is 11.4 Å². The van der Waals surface area contributed by atoms with Gasteiger partial charge in [-0.15, -0.1) is 0 Å². The lowest BCUT2D eigenvalue weighted by atomic mass is 10.2. The Morgan fingerprint density at radius 3 is 2.59 bits per heavy atom. The lowest BCUT2D eigenvalue weighted by Crippen LogP contribution is -2.09. The van der Waals surface area contributed by atoms with Crippen LogP contribution in [0.5, 0.6) is 0 Å². The number of aromatic nitrogens is 2. The largest absolute Gasteiger partial charge is 0.383 e. The number of nitrogens with zero attached hydrogens (tertiary/aromatic N) is 1. The number of aldehydes is 1. The molecule has 0 aliphatic rings. The van der Waals surface area contributed by atoms with E-state index in [4.69, 9.17) is 5.73 Å². The lowest BCUT2D eigenvalue weighted by Gasteiger charge is -2.01. The fraction of sp³-hybridized carbons (Fsp3) is 0. The lowest BCUT2D eigenvalue weighted by molar-refractivity contribution is 0.112. The van der Waals surface area contributed by atoms with Crippen molar-refractivity contribution in [3.63, 3.8) is 0 Å². The molecule has 0 fully saturated rings. The molecular weight excluding hydrogens is 238 g/mol. The van der Waals surface area contributed by atoms with Gasteiger partial charge in [0.2, 0.25) is 0 Å². The minimum Gasteiger partial charge on any atom is -0.383 e. The molecule has 0 radical (unpaired) electrons. The second-order valence-electron chi connectivity index (χ2n) is 3.26. The number of benzene rings is 1. The summed E-state index contributed by atoms with van der Waals surface area (Å²) in [4.78, 5) is 29.1. The van der Waals surface area contributed by atoms with Crippen LogP contribution in [0, 0.1) is 0 Å². The van der Waals surface area contributed by atoms with Crippen molar-refractivity contribution in [2.24, 2.45) is 0 Å². The molecule has 1 aromatic heterocycles. The number of H-pyrrole nitrogens is 1. The molecule has 0 atom stereocenters. The molecule has 0 aliphatic carbocycles. The van der Waals surface area contributed by atoms with E-state index in [1.165, 1.54) is 17.8 Å². The van der Waals surface area contributed by atoms with Crippen LogP contribution in [0.1, 0.15) is 10.4 Å². The zero-order valence-corrected chi connectivity index (χ0v) is 9.53. The Morgan fingerprint density at radius 2 is 2.00 bits per heavy atom. The van der Waals surface area contributed by atoms with E-state index in [1.54, 1.807) is 24.3 Å². The molecule has 0 unspecified atom stereocenters. The molecule has 2 rings (SSSR count). The highest BCUT2D eigenvalue weighted by Gasteiger charge is 2.01. The van der Waals surface area contributed by atoms with E-state index >= 15 is 0 Å². The SMILES string of the molecule is Nc1cc(=O)[nH]c(Sc2ccc(C=O)cc2)n1. The van der Waals surface area contributed by atoms with Gasteiger partial charge in [-0.05, 0) is 12.1 Å². The van der Waals surface area contributed by atoms with Crippen LogP contribution in [0.3, 0.4) is 0 Å². The Labute approximate surface area is 101 Å². The molecule has 5 nitrogen and oxygen atoms in total. The number of rotatable bonds is 3. The van der Waals surface area contributed by atoms with Gasteiger partial charge in [-0.3, -0.25) is 9.59 Å². The van der Waals surface area contributed by atoms with Gasteiger partial charge in [-0.1, -0.05) is 23.9 Å². The Hall–Kier alpha value is -2.08. The van der Waals surface area contributed by atoms with E-state index in [2.05, 4.69) is 9.97 Å². The molecule has 6 heteroatoms. The van der Waals surface area contributed by atoms with E-state index in [1.807, 2.05) is 0 Å². The van der Waals surface area contributed by atoms with E-state index in [9.17, 15) is 9.59 Å². The number of anilines is 1. The summed E-state index contributed by atoms with van der Waals surface area (Å²) in [6.45, 7) is 0. The van der Waals surface area contributed by atoms with Crippen molar-refractivity contribution in [3.8, 4) is 0 Å². The number of carbonyl (C=O) groups is 1. The number of carbonyl (C=O) groups excluding carboxylic acids is 1. The first-order chi connectivity index (χ1) is 8.17. The topological polar surface area (TPSA) is 88.8 Å². The monoisotopic (exact) mass is 247 g/mol. The highest BCUT2D eigenvalue weighted by atomic mass is 32.2. The first kappa shape index (κ1) is 11.4. The summed E-state index contributed by atoms with van der Waals surface area (Å²) in [5.41, 5.74) is 5.78. The standard InChI is InChI=1S/C11H9N3O2S/c12-9-5-10(16)14-11(13-9)17-8-3-1-7(6-15)2-4-8/h1-6H,(H3,12,13,14,16). The van der Waals surface area contributed by atoms with E-state index in [0.29, 0.717) is 10.7 Å². The van der Waals surface area contributed by atoms with Crippen molar-refractivity contribution >= 4 is 23.9 Å². The summed E-state index contributed by atoms with van der Waals surface area (Å²) in [5.74, 6) is 0.181. The number of nitrogens with one attached hydrogen (secondary N) is 1. The highest BCUT2D eigenvalue weighted by molar-refractivity contribution is 7.99. The molecule has 17 heavy (non-hydrogen) atoms. The average Bonchev–Trinajstić information content (AvgIpc) is 2.28. The summed E-state index contributed by atoms with van der Waals surface area (Å²) in [5, 5.41) is 0.425. The second kappa shape index (κ2) is 4.84. The van der Waals surface area contributed by atoms with Crippen LogP contribution in [0.15, 0.2) is 45.2 Å². The van der Waals surface area contributed by atoms with Crippen molar-refractivity contribution in [2.75, 3.05) is 5.73 Å². The Bertz CT molecular complexity index is 592. The minimum atomic E-state index is -0.287. The fourth-order valence-corrected chi connectivity index (χ4v) is 2.03. The average molecular weight is 247 g/mol. The molecule has 1 heterocycles. The van der Waals surface area contributed by atoms with Crippen molar-refractivity contribution < 1.29 is 4.79 Å². The van der Waals surface area contributed by atoms with Crippen LogP contribution in [-0.2, 0) is 0 Å². The van der Waals surface area contributed by atoms with Gasteiger partial charge in [0, 0.05) is 16.5 Å². The van der Waals surface area contributed by atoms with Crippen LogP contribution in [0.4, 0.5) is 5.82 Å². The molecule has 0 saturated heterocycles. The van der Waals surface area contributed by atoms with Crippen molar-refractivity contribution in [1.82, 2.24) is 9.97 Å². The highest BCUT2D eigenvalue weighted by Crippen LogP contribution is 2.23. The first-order valence-electron chi connectivity index (χ1n) is 4.77. The third-order valence-electron chi connectivity index (χ3n) is 1.97. The third kappa shape index (κ3) is 2.94. The van der Waals surface area contributed by atoms with Gasteiger partial charge in [-0.25, -0.2) is 4.98 Å². The van der Waals surface area contributed by atoms with Crippen molar-refractivity contribution in [3.05, 3.63) is 46.2 Å². The molecule has 0 bridgehead atoms. The van der Waals surface area contributed by atoms with E-state index in [0.717, 1.165) is 11.2 Å². The molecule has 0 aliphatic heterocycles. The van der Waals surface area contributed by atoms with Crippen LogP contribution in [0.25, 0.3) is 0 Å². The molecule has 2 aromatic rings. The summed E-state index contributed by atoms with van der Waals surface area (Å²) in [6, 6.07) is 8.16. The number of nitrogens with two attached hydrogens (primary N) is 1. The molecule has 3 N–H and O–H groups in total. The maximum absolute atomic E-state index is 11.2. The fourth-order valence-electron chi connectivity index (χ4n) is 1.23. The summed E-state index contributed by atoms with van der Waals surface area (Å²) >= 11 is 1.27. The van der Waals surface area contributed by atoms with Gasteiger partial charge >= 0.3 is 0 Å². The molecule has 86 valence electrons. The number of nitrogen functional groups attached to an aromatic ring is 1. The molecule has 0 spiro atoms. The van der Waals surface area contributed by atoms with Gasteiger partial charge in [0.15, 0.2) is 5.16 Å². The number of hydrogen-bond acceptors (Lipinski definition) is 5. The molecule has 0 saturated carbocycles. The number of aromatic amines is 1. The smallest absolute Gasteiger partial charge is 0.253 e. The van der Waals surface area contributed by atoms with Crippen LogP contribution in [-0.4, -0.2) is 16.3 Å². The van der Waals surface area contributed by atoms with Crippen molar-refractivity contribution in [1.29, 1.82) is 0 Å². The summed E-state index contributed by atoms with van der Waals surface area (Å²) in [6.07, 6.45) is 0.773. The zero-order chi connectivity index (χ0) is 12.3. The Balaban J connectivity index is 2.24. The maximum atomic E-state index is 11.2. The van der Waals surface area contributed by atoms with Gasteiger partial charge in [-0.2, -0.15) is 0 Å². The predicted molar refractivity (Wildman–Crippen MR) is 65.2 cm³/mol.